The van der Waals surface area contributed by atoms with Gasteiger partial charge in [0, 0.05) is 39.1 Å². The highest BCUT2D eigenvalue weighted by Crippen LogP contribution is 2.09. The molecule has 6 nitrogen and oxygen atoms in total. The SMILES string of the molecule is CCN1CCN(CC(NC(C)=O)C(=O)O)CC1C. The maximum absolute atomic E-state index is 11.1. The summed E-state index contributed by atoms with van der Waals surface area (Å²) in [7, 11) is 0. The summed E-state index contributed by atoms with van der Waals surface area (Å²) in [6, 6.07) is -0.390. The number of nitrogens with zero attached hydrogens (tertiary/aromatic N) is 2. The van der Waals surface area contributed by atoms with Gasteiger partial charge in [-0.05, 0) is 13.5 Å². The van der Waals surface area contributed by atoms with Crippen LogP contribution in [0.4, 0.5) is 0 Å². The molecule has 1 heterocycles. The van der Waals surface area contributed by atoms with Crippen LogP contribution in [0.5, 0.6) is 0 Å². The molecule has 2 atom stereocenters. The third-order valence-electron chi connectivity index (χ3n) is 3.37. The van der Waals surface area contributed by atoms with Gasteiger partial charge in [-0.2, -0.15) is 0 Å². The van der Waals surface area contributed by atoms with Crippen LogP contribution in [0, 0.1) is 0 Å². The molecule has 6 heteroatoms. The van der Waals surface area contributed by atoms with E-state index < -0.39 is 12.0 Å². The lowest BCUT2D eigenvalue weighted by atomic mass is 10.1. The van der Waals surface area contributed by atoms with Crippen molar-refractivity contribution in [1.82, 2.24) is 15.1 Å². The van der Waals surface area contributed by atoms with E-state index in [2.05, 4.69) is 29.0 Å². The lowest BCUT2D eigenvalue weighted by Crippen LogP contribution is -2.56. The van der Waals surface area contributed by atoms with Crippen molar-refractivity contribution in [2.75, 3.05) is 32.7 Å². The number of hydrogen-bond donors (Lipinski definition) is 2. The highest BCUT2D eigenvalue weighted by atomic mass is 16.4. The summed E-state index contributed by atoms with van der Waals surface area (Å²) < 4.78 is 0. The number of rotatable bonds is 5. The van der Waals surface area contributed by atoms with Gasteiger partial charge in [0.25, 0.3) is 0 Å². The van der Waals surface area contributed by atoms with E-state index in [1.807, 2.05) is 0 Å². The van der Waals surface area contributed by atoms with E-state index in [0.717, 1.165) is 26.2 Å². The van der Waals surface area contributed by atoms with Crippen LogP contribution in [0.15, 0.2) is 0 Å². The van der Waals surface area contributed by atoms with Crippen molar-refractivity contribution >= 4 is 11.9 Å². The van der Waals surface area contributed by atoms with Crippen LogP contribution in [0.2, 0.25) is 0 Å². The molecule has 1 fully saturated rings. The zero-order chi connectivity index (χ0) is 13.7. The first-order valence-corrected chi connectivity index (χ1v) is 6.40. The molecule has 0 saturated carbocycles. The second-order valence-electron chi connectivity index (χ2n) is 4.83. The van der Waals surface area contributed by atoms with Crippen LogP contribution in [0.1, 0.15) is 20.8 Å². The Morgan fingerprint density at radius 1 is 1.44 bits per heavy atom. The summed E-state index contributed by atoms with van der Waals surface area (Å²) in [5.41, 5.74) is 0. The number of carbonyl (C=O) groups excluding carboxylic acids is 1. The normalized spacial score (nSPS) is 23.6. The fourth-order valence-electron chi connectivity index (χ4n) is 2.40. The predicted octanol–water partition coefficient (Wildman–Crippen LogP) is -0.398. The van der Waals surface area contributed by atoms with Crippen molar-refractivity contribution in [3.05, 3.63) is 0 Å². The van der Waals surface area contributed by atoms with Crippen molar-refractivity contribution < 1.29 is 14.7 Å². The molecule has 1 saturated heterocycles. The molecule has 1 rings (SSSR count). The van der Waals surface area contributed by atoms with E-state index in [-0.39, 0.29) is 5.91 Å². The predicted molar refractivity (Wildman–Crippen MR) is 68.4 cm³/mol. The minimum absolute atomic E-state index is 0.303. The summed E-state index contributed by atoms with van der Waals surface area (Å²) in [6.45, 7) is 9.64. The molecule has 0 aromatic carbocycles. The fraction of sp³-hybridized carbons (Fsp3) is 0.833. The molecule has 0 aliphatic carbocycles. The molecule has 18 heavy (non-hydrogen) atoms. The van der Waals surface area contributed by atoms with Gasteiger partial charge in [-0.25, -0.2) is 4.79 Å². The second-order valence-corrected chi connectivity index (χ2v) is 4.83. The lowest BCUT2D eigenvalue weighted by Gasteiger charge is -2.40. The summed E-state index contributed by atoms with van der Waals surface area (Å²) in [6.07, 6.45) is 0. The molecule has 0 aromatic rings. The summed E-state index contributed by atoms with van der Waals surface area (Å²) >= 11 is 0. The Bertz CT molecular complexity index is 309. The van der Waals surface area contributed by atoms with Crippen LogP contribution in [0.3, 0.4) is 0 Å². The smallest absolute Gasteiger partial charge is 0.327 e. The molecule has 2 unspecified atom stereocenters. The van der Waals surface area contributed by atoms with Gasteiger partial charge in [0.1, 0.15) is 6.04 Å². The molecule has 1 amide bonds. The number of likely N-dealkylation sites (N-methyl/N-ethyl adjacent to an activating group) is 1. The monoisotopic (exact) mass is 257 g/mol. The van der Waals surface area contributed by atoms with Crippen LogP contribution in [-0.2, 0) is 9.59 Å². The van der Waals surface area contributed by atoms with Crippen molar-refractivity contribution in [2.24, 2.45) is 0 Å². The third kappa shape index (κ3) is 4.27. The Hall–Kier alpha value is -1.14. The minimum Gasteiger partial charge on any atom is -0.480 e. The fourth-order valence-corrected chi connectivity index (χ4v) is 2.40. The van der Waals surface area contributed by atoms with Gasteiger partial charge < -0.3 is 10.4 Å². The largest absolute Gasteiger partial charge is 0.480 e. The molecule has 2 N–H and O–H groups in total. The van der Waals surface area contributed by atoms with Crippen molar-refractivity contribution in [3.63, 3.8) is 0 Å². The van der Waals surface area contributed by atoms with E-state index in [1.165, 1.54) is 6.92 Å². The zero-order valence-corrected chi connectivity index (χ0v) is 11.3. The quantitative estimate of drug-likeness (QED) is 0.701. The van der Waals surface area contributed by atoms with E-state index in [1.54, 1.807) is 0 Å². The van der Waals surface area contributed by atoms with E-state index >= 15 is 0 Å². The molecular weight excluding hydrogens is 234 g/mol. The van der Waals surface area contributed by atoms with Crippen LogP contribution < -0.4 is 5.32 Å². The average molecular weight is 257 g/mol. The number of amides is 1. The Morgan fingerprint density at radius 2 is 2.11 bits per heavy atom. The van der Waals surface area contributed by atoms with Crippen LogP contribution in [-0.4, -0.2) is 71.6 Å². The Labute approximate surface area is 108 Å². The zero-order valence-electron chi connectivity index (χ0n) is 11.3. The third-order valence-corrected chi connectivity index (χ3v) is 3.37. The molecule has 0 spiro atoms. The first-order chi connectivity index (χ1) is 8.43. The minimum atomic E-state index is -0.976. The molecule has 0 aromatic heterocycles. The number of hydrogen-bond acceptors (Lipinski definition) is 4. The Kier molecular flexibility index (Phi) is 5.55. The van der Waals surface area contributed by atoms with Crippen molar-refractivity contribution in [1.29, 1.82) is 0 Å². The van der Waals surface area contributed by atoms with Gasteiger partial charge in [-0.3, -0.25) is 14.6 Å². The maximum atomic E-state index is 11.1. The Morgan fingerprint density at radius 3 is 2.56 bits per heavy atom. The summed E-state index contributed by atoms with van der Waals surface area (Å²) in [4.78, 5) is 26.5. The van der Waals surface area contributed by atoms with Gasteiger partial charge in [0.2, 0.25) is 5.91 Å². The number of carboxylic acids is 1. The first-order valence-electron chi connectivity index (χ1n) is 6.40. The Balaban J connectivity index is 2.50. The number of aliphatic carboxylic acids is 1. The van der Waals surface area contributed by atoms with Gasteiger partial charge >= 0.3 is 5.97 Å². The van der Waals surface area contributed by atoms with Gasteiger partial charge in [0.15, 0.2) is 0 Å². The van der Waals surface area contributed by atoms with Gasteiger partial charge in [-0.15, -0.1) is 0 Å². The molecule has 0 bridgehead atoms. The van der Waals surface area contributed by atoms with Crippen molar-refractivity contribution in [2.45, 2.75) is 32.9 Å². The van der Waals surface area contributed by atoms with Crippen LogP contribution >= 0.6 is 0 Å². The second kappa shape index (κ2) is 6.70. The van der Waals surface area contributed by atoms with Gasteiger partial charge in [-0.1, -0.05) is 6.92 Å². The molecule has 104 valence electrons. The van der Waals surface area contributed by atoms with Crippen LogP contribution in [0.25, 0.3) is 0 Å². The topological polar surface area (TPSA) is 72.9 Å². The molecule has 1 aliphatic heterocycles. The summed E-state index contributed by atoms with van der Waals surface area (Å²) in [5, 5.41) is 11.5. The van der Waals surface area contributed by atoms with E-state index in [4.69, 9.17) is 5.11 Å². The number of carbonyl (C=O) groups is 2. The number of nitrogens with one attached hydrogen (secondary N) is 1. The lowest BCUT2D eigenvalue weighted by molar-refractivity contribution is -0.142. The first kappa shape index (κ1) is 14.9. The molecular formula is C12H23N3O3. The average Bonchev–Trinajstić information content (AvgIpc) is 2.27. The van der Waals surface area contributed by atoms with Crippen molar-refractivity contribution in [3.8, 4) is 0 Å². The number of carboxylic acid groups (broad SMARTS) is 1. The standard InChI is InChI=1S/C12H23N3O3/c1-4-15-6-5-14(7-9(15)2)8-11(12(17)18)13-10(3)16/h9,11H,4-8H2,1-3H3,(H,13,16)(H,17,18). The highest BCUT2D eigenvalue weighted by Gasteiger charge is 2.27. The van der Waals surface area contributed by atoms with Gasteiger partial charge in [0.05, 0.1) is 0 Å². The number of piperazine rings is 1. The summed E-state index contributed by atoms with van der Waals surface area (Å²) in [5.74, 6) is -1.28. The van der Waals surface area contributed by atoms with E-state index in [9.17, 15) is 9.59 Å². The maximum Gasteiger partial charge on any atom is 0.327 e. The molecule has 0 radical (unpaired) electrons. The molecule has 1 aliphatic rings. The van der Waals surface area contributed by atoms with E-state index in [0.29, 0.717) is 12.6 Å². The highest BCUT2D eigenvalue weighted by molar-refractivity contribution is 5.82.